The van der Waals surface area contributed by atoms with Gasteiger partial charge in [0.15, 0.2) is 4.32 Å². The van der Waals surface area contributed by atoms with Gasteiger partial charge < -0.3 is 9.64 Å². The molecule has 9 heteroatoms. The molecule has 1 aromatic heterocycles. The Morgan fingerprint density at radius 3 is 2.41 bits per heavy atom. The molecule has 2 saturated heterocycles. The molecule has 174 valence electrons. The van der Waals surface area contributed by atoms with E-state index < -0.39 is 0 Å². The predicted octanol–water partition coefficient (Wildman–Crippen LogP) is 3.91. The number of benzene rings is 2. The number of hydrogen-bond donors (Lipinski definition) is 0. The molecule has 0 unspecified atom stereocenters. The van der Waals surface area contributed by atoms with E-state index in [4.69, 9.17) is 22.1 Å². The van der Waals surface area contributed by atoms with Gasteiger partial charge in [-0.2, -0.15) is 5.10 Å². The summed E-state index contributed by atoms with van der Waals surface area (Å²) in [6, 6.07) is 17.7. The smallest absolute Gasteiger partial charge is 0.280 e. The van der Waals surface area contributed by atoms with Gasteiger partial charge in [-0.15, -0.1) is 0 Å². The molecule has 1 amide bonds. The lowest BCUT2D eigenvalue weighted by atomic mass is 10.1. The Kier molecular flexibility index (Phi) is 6.51. The third-order valence-electron chi connectivity index (χ3n) is 5.95. The number of thiocarbonyl (C=S) groups is 1. The van der Waals surface area contributed by atoms with Gasteiger partial charge in [0.05, 0.1) is 23.4 Å². The van der Waals surface area contributed by atoms with Crippen LogP contribution < -0.4 is 4.74 Å². The van der Waals surface area contributed by atoms with E-state index >= 15 is 0 Å². The summed E-state index contributed by atoms with van der Waals surface area (Å²) < 4.78 is 7.72. The van der Waals surface area contributed by atoms with E-state index in [-0.39, 0.29) is 5.91 Å². The summed E-state index contributed by atoms with van der Waals surface area (Å²) in [5.41, 5.74) is 3.53. The van der Waals surface area contributed by atoms with E-state index in [0.29, 0.717) is 9.23 Å². The first-order valence-electron chi connectivity index (χ1n) is 11.0. The van der Waals surface area contributed by atoms with Crippen LogP contribution in [-0.2, 0) is 4.79 Å². The van der Waals surface area contributed by atoms with Crippen LogP contribution in [0, 0.1) is 0 Å². The van der Waals surface area contributed by atoms with Gasteiger partial charge in [0.2, 0.25) is 0 Å². The van der Waals surface area contributed by atoms with E-state index in [2.05, 4.69) is 17.0 Å². The van der Waals surface area contributed by atoms with Crippen LogP contribution in [-0.4, -0.2) is 75.3 Å². The van der Waals surface area contributed by atoms with Gasteiger partial charge in [0, 0.05) is 43.5 Å². The van der Waals surface area contributed by atoms with Crippen molar-refractivity contribution in [3.63, 3.8) is 0 Å². The topological polar surface area (TPSA) is 53.8 Å². The molecule has 0 saturated carbocycles. The highest BCUT2D eigenvalue weighted by molar-refractivity contribution is 8.26. The van der Waals surface area contributed by atoms with E-state index in [1.54, 1.807) is 12.1 Å². The Bertz CT molecular complexity index is 1230. The van der Waals surface area contributed by atoms with Crippen LogP contribution in [0.15, 0.2) is 65.7 Å². The maximum atomic E-state index is 13.4. The molecule has 7 nitrogen and oxygen atoms in total. The fourth-order valence-electron chi connectivity index (χ4n) is 4.02. The lowest BCUT2D eigenvalue weighted by Crippen LogP contribution is -2.54. The molecule has 2 aromatic carbocycles. The summed E-state index contributed by atoms with van der Waals surface area (Å²) in [7, 11) is 3.74. The van der Waals surface area contributed by atoms with Crippen LogP contribution in [0.4, 0.5) is 0 Å². The minimum Gasteiger partial charge on any atom is -0.497 e. The van der Waals surface area contributed by atoms with Crippen molar-refractivity contribution >= 4 is 40.3 Å². The Morgan fingerprint density at radius 2 is 1.74 bits per heavy atom. The first-order chi connectivity index (χ1) is 16.5. The molecule has 0 spiro atoms. The monoisotopic (exact) mass is 491 g/mol. The lowest BCUT2D eigenvalue weighted by Gasteiger charge is -2.37. The highest BCUT2D eigenvalue weighted by Gasteiger charge is 2.37. The average molecular weight is 492 g/mol. The molecule has 0 atom stereocenters. The molecule has 5 rings (SSSR count). The van der Waals surface area contributed by atoms with Crippen LogP contribution in [0.5, 0.6) is 5.75 Å². The first-order valence-corrected chi connectivity index (χ1v) is 12.3. The number of hydrazine groups is 1. The molecule has 3 aromatic rings. The molecule has 0 radical (unpaired) electrons. The van der Waals surface area contributed by atoms with Gasteiger partial charge in [-0.1, -0.05) is 42.2 Å². The van der Waals surface area contributed by atoms with Gasteiger partial charge in [-0.25, -0.2) is 14.7 Å². The van der Waals surface area contributed by atoms with Gasteiger partial charge in [0.1, 0.15) is 5.75 Å². The van der Waals surface area contributed by atoms with Crippen LogP contribution in [0.2, 0.25) is 0 Å². The quantitative estimate of drug-likeness (QED) is 0.396. The molecular weight excluding hydrogens is 466 g/mol. The van der Waals surface area contributed by atoms with Crippen LogP contribution in [0.1, 0.15) is 5.56 Å². The summed E-state index contributed by atoms with van der Waals surface area (Å²) in [4.78, 5) is 16.2. The second-order valence-electron chi connectivity index (χ2n) is 8.19. The number of piperazine rings is 1. The molecule has 2 aliphatic rings. The number of rotatable bonds is 5. The first kappa shape index (κ1) is 22.8. The number of methoxy groups -OCH3 is 1. The number of aromatic nitrogens is 2. The molecule has 2 aliphatic heterocycles. The molecule has 3 heterocycles. The van der Waals surface area contributed by atoms with Crippen molar-refractivity contribution in [2.75, 3.05) is 40.3 Å². The zero-order chi connectivity index (χ0) is 23.7. The van der Waals surface area contributed by atoms with Crippen molar-refractivity contribution in [2.45, 2.75) is 0 Å². The van der Waals surface area contributed by atoms with Gasteiger partial charge in [0.25, 0.3) is 5.91 Å². The minimum absolute atomic E-state index is 0.0762. The number of ether oxygens (including phenoxy) is 1. The largest absolute Gasteiger partial charge is 0.497 e. The Hall–Kier alpha value is -2.98. The molecule has 0 aliphatic carbocycles. The number of carbonyl (C=O) groups excluding carboxylic acids is 1. The van der Waals surface area contributed by atoms with Crippen LogP contribution in [0.3, 0.4) is 0 Å². The molecule has 0 bridgehead atoms. The van der Waals surface area contributed by atoms with Gasteiger partial charge in [-0.05, 0) is 49.5 Å². The molecule has 2 fully saturated rings. The maximum Gasteiger partial charge on any atom is 0.280 e. The predicted molar refractivity (Wildman–Crippen MR) is 140 cm³/mol. The number of thioether (sulfide) groups is 1. The summed E-state index contributed by atoms with van der Waals surface area (Å²) in [5, 5.41) is 8.57. The second-order valence-corrected chi connectivity index (χ2v) is 9.87. The standard InChI is InChI=1S/C25H25N5O2S2/c1-27-12-14-28(15-13-27)30-24(31)22(34-25(30)33)16-19-17-29(20-6-4-3-5-7-20)26-23(19)18-8-10-21(32-2)11-9-18/h3-11,16-17H,12-15H2,1-2H3/b22-16-. The van der Waals surface area contributed by atoms with Gasteiger partial charge in [-0.3, -0.25) is 4.79 Å². The third-order valence-corrected chi connectivity index (χ3v) is 7.23. The Balaban J connectivity index is 1.51. The Morgan fingerprint density at radius 1 is 1.03 bits per heavy atom. The zero-order valence-corrected chi connectivity index (χ0v) is 20.7. The number of nitrogens with zero attached hydrogens (tertiary/aromatic N) is 5. The summed E-state index contributed by atoms with van der Waals surface area (Å²) >= 11 is 6.94. The molecular formula is C25H25N5O2S2. The number of carbonyl (C=O) groups is 1. The molecule has 34 heavy (non-hydrogen) atoms. The summed E-state index contributed by atoms with van der Waals surface area (Å²) in [5.74, 6) is 0.702. The Labute approximate surface area is 208 Å². The van der Waals surface area contributed by atoms with E-state index in [9.17, 15) is 4.79 Å². The van der Waals surface area contributed by atoms with Gasteiger partial charge >= 0.3 is 0 Å². The van der Waals surface area contributed by atoms with Crippen molar-refractivity contribution in [1.82, 2.24) is 24.7 Å². The van der Waals surface area contributed by atoms with Crippen molar-refractivity contribution in [3.8, 4) is 22.7 Å². The average Bonchev–Trinajstić information content (AvgIpc) is 3.41. The van der Waals surface area contributed by atoms with E-state index in [1.165, 1.54) is 11.8 Å². The zero-order valence-electron chi connectivity index (χ0n) is 19.0. The number of amides is 1. The summed E-state index contributed by atoms with van der Waals surface area (Å²) in [6.45, 7) is 3.36. The maximum absolute atomic E-state index is 13.4. The van der Waals surface area contributed by atoms with E-state index in [0.717, 1.165) is 54.4 Å². The number of para-hydroxylation sites is 1. The molecule has 0 N–H and O–H groups in total. The number of likely N-dealkylation sites (N-methyl/N-ethyl adjacent to an activating group) is 1. The van der Waals surface area contributed by atoms with Crippen molar-refractivity contribution in [2.24, 2.45) is 0 Å². The second kappa shape index (κ2) is 9.71. The fraction of sp³-hybridized carbons (Fsp3) is 0.240. The van der Waals surface area contributed by atoms with Crippen molar-refractivity contribution in [3.05, 3.63) is 71.3 Å². The fourth-order valence-corrected chi connectivity index (χ4v) is 5.32. The van der Waals surface area contributed by atoms with Crippen LogP contribution >= 0.6 is 24.0 Å². The highest BCUT2D eigenvalue weighted by atomic mass is 32.2. The number of hydrogen-bond acceptors (Lipinski definition) is 7. The minimum atomic E-state index is -0.0762. The third kappa shape index (κ3) is 4.52. The SMILES string of the molecule is COc1ccc(-c2nn(-c3ccccc3)cc2/C=C2\SC(=S)N(N3CCN(C)CC3)C2=O)cc1. The van der Waals surface area contributed by atoms with Crippen molar-refractivity contribution < 1.29 is 9.53 Å². The summed E-state index contributed by atoms with van der Waals surface area (Å²) in [6.07, 6.45) is 3.86. The highest BCUT2D eigenvalue weighted by Crippen LogP contribution is 2.36. The van der Waals surface area contributed by atoms with Crippen LogP contribution in [0.25, 0.3) is 23.0 Å². The van der Waals surface area contributed by atoms with E-state index in [1.807, 2.05) is 71.6 Å². The normalized spacial score (nSPS) is 18.8. The lowest BCUT2D eigenvalue weighted by molar-refractivity contribution is -0.135. The van der Waals surface area contributed by atoms with Crippen molar-refractivity contribution in [1.29, 1.82) is 0 Å².